The molecule has 0 fully saturated rings. The Morgan fingerprint density at radius 2 is 1.95 bits per heavy atom. The van der Waals surface area contributed by atoms with Crippen molar-refractivity contribution in [2.24, 2.45) is 0 Å². The van der Waals surface area contributed by atoms with Gasteiger partial charge in [0.05, 0.1) is 29.0 Å². The van der Waals surface area contributed by atoms with Crippen LogP contribution in [0.25, 0.3) is 5.69 Å². The van der Waals surface area contributed by atoms with Crippen molar-refractivity contribution in [3.8, 4) is 5.69 Å². The molecule has 0 saturated carbocycles. The first-order chi connectivity index (χ1) is 10.1. The molecule has 0 atom stereocenters. The zero-order valence-corrected chi connectivity index (χ0v) is 13.4. The highest BCUT2D eigenvalue weighted by Gasteiger charge is 2.23. The van der Waals surface area contributed by atoms with Gasteiger partial charge in [-0.3, -0.25) is 0 Å². The summed E-state index contributed by atoms with van der Waals surface area (Å²) in [5, 5.41) is 0. The Balaban J connectivity index is 2.82. The van der Waals surface area contributed by atoms with Crippen molar-refractivity contribution in [1.82, 2.24) is 9.55 Å². The molecule has 0 radical (unpaired) electrons. The maximum absolute atomic E-state index is 14.2. The average molecular weight is 326 g/mol. The summed E-state index contributed by atoms with van der Waals surface area (Å²) in [4.78, 5) is 15.6. The largest absolute Gasteiger partial charge is 0.465 e. The van der Waals surface area contributed by atoms with Gasteiger partial charge in [-0.05, 0) is 19.9 Å². The normalized spacial score (nSPS) is 11.5. The van der Waals surface area contributed by atoms with Crippen LogP contribution in [0.5, 0.6) is 0 Å². The molecular weight excluding hydrogens is 311 g/mol. The second kappa shape index (κ2) is 5.53. The first-order valence-corrected chi connectivity index (χ1v) is 8.19. The van der Waals surface area contributed by atoms with E-state index in [-0.39, 0.29) is 10.6 Å². The summed E-state index contributed by atoms with van der Waals surface area (Å²) in [6, 6.07) is 1.98. The molecule has 0 aliphatic carbocycles. The molecule has 6 nitrogen and oxygen atoms in total. The molecule has 0 aliphatic heterocycles. The number of carbonyl (C=O) groups excluding carboxylic acids is 1. The SMILES string of the molecule is COC(=O)c1cc(S(C)(=O)=O)c(-n2cc(C)nc2C)cc1F. The van der Waals surface area contributed by atoms with Gasteiger partial charge < -0.3 is 9.30 Å². The van der Waals surface area contributed by atoms with E-state index in [9.17, 15) is 17.6 Å². The molecule has 0 spiro atoms. The van der Waals surface area contributed by atoms with Gasteiger partial charge in [-0.25, -0.2) is 22.6 Å². The predicted molar refractivity (Wildman–Crippen MR) is 77.4 cm³/mol. The van der Waals surface area contributed by atoms with E-state index in [2.05, 4.69) is 9.72 Å². The summed E-state index contributed by atoms with van der Waals surface area (Å²) in [5.74, 6) is -1.29. The molecular formula is C14H15FN2O4S. The quantitative estimate of drug-likeness (QED) is 0.635. The molecule has 1 aromatic carbocycles. The lowest BCUT2D eigenvalue weighted by Crippen LogP contribution is -2.12. The number of aryl methyl sites for hydroxylation is 2. The molecule has 118 valence electrons. The number of rotatable bonds is 3. The van der Waals surface area contributed by atoms with E-state index < -0.39 is 27.2 Å². The molecule has 22 heavy (non-hydrogen) atoms. The first kappa shape index (κ1) is 16.2. The Labute approximate surface area is 127 Å². The molecule has 0 N–H and O–H groups in total. The van der Waals surface area contributed by atoms with Crippen molar-refractivity contribution in [1.29, 1.82) is 0 Å². The van der Waals surface area contributed by atoms with Gasteiger partial charge in [-0.2, -0.15) is 0 Å². The van der Waals surface area contributed by atoms with Crippen LogP contribution in [-0.2, 0) is 14.6 Å². The summed E-state index contributed by atoms with van der Waals surface area (Å²) < 4.78 is 44.1. The van der Waals surface area contributed by atoms with Gasteiger partial charge in [0, 0.05) is 18.5 Å². The maximum Gasteiger partial charge on any atom is 0.340 e. The van der Waals surface area contributed by atoms with Crippen molar-refractivity contribution in [2.75, 3.05) is 13.4 Å². The third-order valence-electron chi connectivity index (χ3n) is 3.12. The molecule has 0 bridgehead atoms. The monoisotopic (exact) mass is 326 g/mol. The Bertz CT molecular complexity index is 856. The van der Waals surface area contributed by atoms with Crippen LogP contribution in [0.4, 0.5) is 4.39 Å². The molecule has 2 aromatic rings. The number of imidazole rings is 1. The van der Waals surface area contributed by atoms with Crippen LogP contribution < -0.4 is 0 Å². The minimum absolute atomic E-state index is 0.103. The number of nitrogens with zero attached hydrogens (tertiary/aromatic N) is 2. The summed E-state index contributed by atoms with van der Waals surface area (Å²) in [7, 11) is -2.60. The number of methoxy groups -OCH3 is 1. The number of hydrogen-bond donors (Lipinski definition) is 0. The molecule has 1 heterocycles. The lowest BCUT2D eigenvalue weighted by atomic mass is 10.2. The molecule has 1 aromatic heterocycles. The Morgan fingerprint density at radius 1 is 1.32 bits per heavy atom. The lowest BCUT2D eigenvalue weighted by Gasteiger charge is -2.13. The fraction of sp³-hybridized carbons (Fsp3) is 0.286. The number of halogens is 1. The highest BCUT2D eigenvalue weighted by molar-refractivity contribution is 7.90. The van der Waals surface area contributed by atoms with E-state index in [1.165, 1.54) is 4.57 Å². The van der Waals surface area contributed by atoms with Gasteiger partial charge in [0.25, 0.3) is 0 Å². The highest BCUT2D eigenvalue weighted by Crippen LogP contribution is 2.26. The van der Waals surface area contributed by atoms with Crippen LogP contribution in [-0.4, -0.2) is 37.3 Å². The van der Waals surface area contributed by atoms with Gasteiger partial charge in [0.15, 0.2) is 9.84 Å². The number of benzene rings is 1. The molecule has 0 aliphatic rings. The van der Waals surface area contributed by atoms with Crippen LogP contribution in [0.15, 0.2) is 23.2 Å². The Kier molecular flexibility index (Phi) is 4.06. The smallest absolute Gasteiger partial charge is 0.340 e. The maximum atomic E-state index is 14.2. The minimum Gasteiger partial charge on any atom is -0.465 e. The third kappa shape index (κ3) is 2.87. The van der Waals surface area contributed by atoms with Gasteiger partial charge in [-0.15, -0.1) is 0 Å². The van der Waals surface area contributed by atoms with Crippen molar-refractivity contribution >= 4 is 15.8 Å². The fourth-order valence-electron chi connectivity index (χ4n) is 2.16. The van der Waals surface area contributed by atoms with Crippen LogP contribution in [0, 0.1) is 19.7 Å². The van der Waals surface area contributed by atoms with Crippen molar-refractivity contribution < 1.29 is 22.3 Å². The van der Waals surface area contributed by atoms with Crippen molar-refractivity contribution in [2.45, 2.75) is 18.7 Å². The standard InChI is InChI=1S/C14H15FN2O4S/c1-8-7-17(9(2)16-8)12-6-11(15)10(14(18)21-3)5-13(12)22(4,19)20/h5-7H,1-4H3. The second-order valence-corrected chi connectivity index (χ2v) is 6.85. The molecule has 0 saturated heterocycles. The van der Waals surface area contributed by atoms with Crippen LogP contribution in [0.3, 0.4) is 0 Å². The van der Waals surface area contributed by atoms with E-state index in [0.29, 0.717) is 11.5 Å². The zero-order chi connectivity index (χ0) is 16.7. The number of ether oxygens (including phenoxy) is 1. The topological polar surface area (TPSA) is 78.3 Å². The first-order valence-electron chi connectivity index (χ1n) is 6.30. The Morgan fingerprint density at radius 3 is 2.41 bits per heavy atom. The van der Waals surface area contributed by atoms with Crippen molar-refractivity contribution in [3.63, 3.8) is 0 Å². The Hall–Kier alpha value is -2.22. The van der Waals surface area contributed by atoms with Gasteiger partial charge >= 0.3 is 5.97 Å². The number of sulfone groups is 1. The van der Waals surface area contributed by atoms with E-state index in [1.807, 2.05) is 0 Å². The molecule has 0 amide bonds. The molecule has 8 heteroatoms. The zero-order valence-electron chi connectivity index (χ0n) is 12.5. The molecule has 2 rings (SSSR count). The number of esters is 1. The molecule has 0 unspecified atom stereocenters. The highest BCUT2D eigenvalue weighted by atomic mass is 32.2. The second-order valence-electron chi connectivity index (χ2n) is 4.86. The van der Waals surface area contributed by atoms with Crippen LogP contribution in [0.2, 0.25) is 0 Å². The summed E-state index contributed by atoms with van der Waals surface area (Å²) in [6.07, 6.45) is 2.58. The number of hydrogen-bond acceptors (Lipinski definition) is 5. The summed E-state index contributed by atoms with van der Waals surface area (Å²) in [6.45, 7) is 3.41. The van der Waals surface area contributed by atoms with E-state index in [0.717, 1.165) is 25.5 Å². The fourth-order valence-corrected chi connectivity index (χ4v) is 3.03. The van der Waals surface area contributed by atoms with Crippen molar-refractivity contribution in [3.05, 3.63) is 41.2 Å². The van der Waals surface area contributed by atoms with E-state index in [4.69, 9.17) is 0 Å². The summed E-state index contributed by atoms with van der Waals surface area (Å²) in [5.41, 5.74) is 0.335. The lowest BCUT2D eigenvalue weighted by molar-refractivity contribution is 0.0595. The van der Waals surface area contributed by atoms with Gasteiger partial charge in [0.2, 0.25) is 0 Å². The third-order valence-corrected chi connectivity index (χ3v) is 4.24. The van der Waals surface area contributed by atoms with Crippen LogP contribution in [0.1, 0.15) is 21.9 Å². The predicted octanol–water partition coefficient (Wildman–Crippen LogP) is 1.82. The summed E-state index contributed by atoms with van der Waals surface area (Å²) >= 11 is 0. The van der Waals surface area contributed by atoms with Gasteiger partial charge in [-0.1, -0.05) is 0 Å². The average Bonchev–Trinajstić information content (AvgIpc) is 2.75. The minimum atomic E-state index is -3.69. The van der Waals surface area contributed by atoms with E-state index in [1.54, 1.807) is 20.0 Å². The number of carbonyl (C=O) groups is 1. The van der Waals surface area contributed by atoms with E-state index >= 15 is 0 Å². The van der Waals surface area contributed by atoms with Gasteiger partial charge in [0.1, 0.15) is 11.6 Å². The number of aromatic nitrogens is 2. The van der Waals surface area contributed by atoms with Crippen LogP contribution >= 0.6 is 0 Å².